The minimum Gasteiger partial charge on any atom is -0.449 e. The Morgan fingerprint density at radius 3 is 2.67 bits per heavy atom. The minimum atomic E-state index is -0.234. The predicted octanol–water partition coefficient (Wildman–Crippen LogP) is 2.55. The van der Waals surface area contributed by atoms with Crippen LogP contribution in [0.5, 0.6) is 0 Å². The zero-order chi connectivity index (χ0) is 12.8. The Kier molecular flexibility index (Phi) is 5.29. The molecule has 0 aromatic rings. The van der Waals surface area contributed by atoms with Crippen molar-refractivity contribution in [3.8, 4) is 0 Å². The second-order valence-corrected chi connectivity index (χ2v) is 5.58. The Balaban J connectivity index is 1.64. The van der Waals surface area contributed by atoms with Crippen LogP contribution in [-0.4, -0.2) is 41.9 Å². The molecule has 1 saturated carbocycles. The van der Waals surface area contributed by atoms with Gasteiger partial charge in [0.25, 0.3) is 0 Å². The number of amides is 1. The van der Waals surface area contributed by atoms with E-state index in [1.54, 1.807) is 4.90 Å². The average molecular weight is 255 g/mol. The van der Waals surface area contributed by atoms with Gasteiger partial charge in [-0.2, -0.15) is 0 Å². The zero-order valence-corrected chi connectivity index (χ0v) is 11.1. The SMILES string of the molecule is O=C(OCCC1CCCCC1)N1CCC[C@H]1CO. The summed E-state index contributed by atoms with van der Waals surface area (Å²) in [5.41, 5.74) is 0. The van der Waals surface area contributed by atoms with Crippen molar-refractivity contribution in [2.75, 3.05) is 19.8 Å². The van der Waals surface area contributed by atoms with Crippen molar-refractivity contribution in [2.45, 2.75) is 57.4 Å². The van der Waals surface area contributed by atoms with Crippen LogP contribution >= 0.6 is 0 Å². The maximum absolute atomic E-state index is 11.8. The Labute approximate surface area is 109 Å². The number of nitrogens with zero attached hydrogens (tertiary/aromatic N) is 1. The summed E-state index contributed by atoms with van der Waals surface area (Å²) in [6.07, 6.45) is 9.25. The fourth-order valence-corrected chi connectivity index (χ4v) is 3.14. The average Bonchev–Trinajstić information content (AvgIpc) is 2.88. The maximum atomic E-state index is 11.8. The lowest BCUT2D eigenvalue weighted by Gasteiger charge is -2.24. The minimum absolute atomic E-state index is 0.0211. The molecule has 1 heterocycles. The molecule has 0 unspecified atom stereocenters. The molecule has 1 atom stereocenters. The lowest BCUT2D eigenvalue weighted by Crippen LogP contribution is -2.38. The highest BCUT2D eigenvalue weighted by Gasteiger charge is 2.29. The fourth-order valence-electron chi connectivity index (χ4n) is 3.14. The third kappa shape index (κ3) is 3.61. The number of carbonyl (C=O) groups is 1. The first-order valence-corrected chi connectivity index (χ1v) is 7.35. The van der Waals surface area contributed by atoms with Crippen molar-refractivity contribution in [3.05, 3.63) is 0 Å². The second kappa shape index (κ2) is 6.98. The summed E-state index contributed by atoms with van der Waals surface area (Å²) in [5.74, 6) is 0.749. The van der Waals surface area contributed by atoms with E-state index in [0.29, 0.717) is 6.61 Å². The van der Waals surface area contributed by atoms with Crippen LogP contribution in [-0.2, 0) is 4.74 Å². The Morgan fingerprint density at radius 1 is 1.17 bits per heavy atom. The molecule has 0 spiro atoms. The van der Waals surface area contributed by atoms with E-state index in [4.69, 9.17) is 9.84 Å². The Bertz CT molecular complexity index is 264. The van der Waals surface area contributed by atoms with E-state index < -0.39 is 0 Å². The van der Waals surface area contributed by atoms with Gasteiger partial charge in [-0.15, -0.1) is 0 Å². The van der Waals surface area contributed by atoms with Crippen LogP contribution in [0.4, 0.5) is 4.79 Å². The number of hydrogen-bond acceptors (Lipinski definition) is 3. The summed E-state index contributed by atoms with van der Waals surface area (Å²) in [7, 11) is 0. The molecule has 104 valence electrons. The molecule has 1 aliphatic heterocycles. The van der Waals surface area contributed by atoms with Gasteiger partial charge in [0.1, 0.15) is 0 Å². The number of rotatable bonds is 4. The van der Waals surface area contributed by atoms with Crippen LogP contribution in [0.2, 0.25) is 0 Å². The Hall–Kier alpha value is -0.770. The van der Waals surface area contributed by atoms with Gasteiger partial charge in [0, 0.05) is 6.54 Å². The Morgan fingerprint density at radius 2 is 1.94 bits per heavy atom. The molecule has 18 heavy (non-hydrogen) atoms. The molecular formula is C14H25NO3. The molecule has 1 N–H and O–H groups in total. The third-order valence-electron chi connectivity index (χ3n) is 4.30. The van der Waals surface area contributed by atoms with Crippen LogP contribution in [0.25, 0.3) is 0 Å². The predicted molar refractivity (Wildman–Crippen MR) is 69.4 cm³/mol. The molecule has 2 fully saturated rings. The number of aliphatic hydroxyl groups is 1. The third-order valence-corrected chi connectivity index (χ3v) is 4.30. The van der Waals surface area contributed by atoms with E-state index in [9.17, 15) is 4.79 Å². The molecule has 4 heteroatoms. The molecule has 0 aromatic heterocycles. The van der Waals surface area contributed by atoms with Crippen molar-refractivity contribution in [3.63, 3.8) is 0 Å². The lowest BCUT2D eigenvalue weighted by atomic mass is 9.87. The first-order valence-electron chi connectivity index (χ1n) is 7.35. The highest BCUT2D eigenvalue weighted by Crippen LogP contribution is 2.26. The van der Waals surface area contributed by atoms with Crippen molar-refractivity contribution < 1.29 is 14.6 Å². The van der Waals surface area contributed by atoms with Gasteiger partial charge in [0.05, 0.1) is 19.3 Å². The summed E-state index contributed by atoms with van der Waals surface area (Å²) in [4.78, 5) is 13.5. The van der Waals surface area contributed by atoms with Crippen LogP contribution in [0.15, 0.2) is 0 Å². The van der Waals surface area contributed by atoms with E-state index in [0.717, 1.165) is 31.7 Å². The summed E-state index contributed by atoms with van der Waals surface area (Å²) < 4.78 is 5.34. The molecule has 4 nitrogen and oxygen atoms in total. The second-order valence-electron chi connectivity index (χ2n) is 5.58. The molecule has 1 aliphatic carbocycles. The topological polar surface area (TPSA) is 49.8 Å². The molecule has 1 saturated heterocycles. The molecular weight excluding hydrogens is 230 g/mol. The highest BCUT2D eigenvalue weighted by molar-refractivity contribution is 5.68. The van der Waals surface area contributed by atoms with E-state index in [2.05, 4.69) is 0 Å². The normalized spacial score (nSPS) is 25.4. The van der Waals surface area contributed by atoms with Gasteiger partial charge in [-0.25, -0.2) is 4.79 Å². The van der Waals surface area contributed by atoms with Gasteiger partial charge in [-0.3, -0.25) is 0 Å². The first kappa shape index (κ1) is 13.7. The fraction of sp³-hybridized carbons (Fsp3) is 0.929. The van der Waals surface area contributed by atoms with E-state index in [1.807, 2.05) is 0 Å². The van der Waals surface area contributed by atoms with Gasteiger partial charge in [-0.05, 0) is 25.2 Å². The summed E-state index contributed by atoms with van der Waals surface area (Å²) in [5, 5.41) is 9.17. The smallest absolute Gasteiger partial charge is 0.410 e. The van der Waals surface area contributed by atoms with Gasteiger partial charge in [0.2, 0.25) is 0 Å². The number of likely N-dealkylation sites (tertiary alicyclic amines) is 1. The van der Waals surface area contributed by atoms with Crippen molar-refractivity contribution >= 4 is 6.09 Å². The highest BCUT2D eigenvalue weighted by atomic mass is 16.6. The molecule has 1 amide bonds. The standard InChI is InChI=1S/C14H25NO3/c16-11-13-7-4-9-15(13)14(17)18-10-8-12-5-2-1-3-6-12/h12-13,16H,1-11H2/t13-/m0/s1. The molecule has 2 aliphatic rings. The van der Waals surface area contributed by atoms with E-state index >= 15 is 0 Å². The summed E-state index contributed by atoms with van der Waals surface area (Å²) in [6, 6.07) is -0.0211. The molecule has 0 bridgehead atoms. The van der Waals surface area contributed by atoms with Crippen LogP contribution in [0.1, 0.15) is 51.4 Å². The number of hydrogen-bond donors (Lipinski definition) is 1. The number of ether oxygens (including phenoxy) is 1. The van der Waals surface area contributed by atoms with Gasteiger partial charge in [0.15, 0.2) is 0 Å². The molecule has 2 rings (SSSR count). The maximum Gasteiger partial charge on any atom is 0.410 e. The number of aliphatic hydroxyl groups excluding tert-OH is 1. The van der Waals surface area contributed by atoms with Gasteiger partial charge in [-0.1, -0.05) is 32.1 Å². The van der Waals surface area contributed by atoms with E-state index in [-0.39, 0.29) is 18.7 Å². The largest absolute Gasteiger partial charge is 0.449 e. The molecule has 0 radical (unpaired) electrons. The monoisotopic (exact) mass is 255 g/mol. The van der Waals surface area contributed by atoms with E-state index in [1.165, 1.54) is 32.1 Å². The van der Waals surface area contributed by atoms with Crippen molar-refractivity contribution in [1.82, 2.24) is 4.90 Å². The van der Waals surface area contributed by atoms with Crippen LogP contribution in [0.3, 0.4) is 0 Å². The van der Waals surface area contributed by atoms with Gasteiger partial charge < -0.3 is 14.7 Å². The first-order chi connectivity index (χ1) is 8.81. The van der Waals surface area contributed by atoms with Gasteiger partial charge >= 0.3 is 6.09 Å². The van der Waals surface area contributed by atoms with Crippen LogP contribution in [0, 0.1) is 5.92 Å². The summed E-state index contributed by atoms with van der Waals surface area (Å²) in [6.45, 7) is 1.32. The van der Waals surface area contributed by atoms with Crippen molar-refractivity contribution in [2.24, 2.45) is 5.92 Å². The number of carbonyl (C=O) groups excluding carboxylic acids is 1. The summed E-state index contributed by atoms with van der Waals surface area (Å²) >= 11 is 0. The van der Waals surface area contributed by atoms with Crippen molar-refractivity contribution in [1.29, 1.82) is 0 Å². The van der Waals surface area contributed by atoms with Crippen LogP contribution < -0.4 is 0 Å². The zero-order valence-electron chi connectivity index (χ0n) is 11.1. The quantitative estimate of drug-likeness (QED) is 0.840. The molecule has 0 aromatic carbocycles. The lowest BCUT2D eigenvalue weighted by molar-refractivity contribution is 0.0787.